The number of benzene rings is 2. The minimum atomic E-state index is -1.98. The Bertz CT molecular complexity index is 784. The summed E-state index contributed by atoms with van der Waals surface area (Å²) in [7, 11) is 0. The minimum absolute atomic E-state index is 0.0328. The molecule has 172 valence electrons. The van der Waals surface area contributed by atoms with E-state index in [1.807, 2.05) is 6.07 Å². The van der Waals surface area contributed by atoms with Gasteiger partial charge in [-0.05, 0) is 11.1 Å². The molecule has 0 radical (unpaired) electrons. The van der Waals surface area contributed by atoms with Gasteiger partial charge < -0.3 is 24.5 Å². The summed E-state index contributed by atoms with van der Waals surface area (Å²) in [5, 5.41) is 22.7. The Morgan fingerprint density at radius 1 is 0.844 bits per heavy atom. The first-order valence-electron chi connectivity index (χ1n) is 11.0. The number of carbonyl (C=O) groups is 2. The van der Waals surface area contributed by atoms with Crippen LogP contribution in [0, 0.1) is 11.8 Å². The summed E-state index contributed by atoms with van der Waals surface area (Å²) in [6.07, 6.45) is -0.895. The third-order valence-electron chi connectivity index (χ3n) is 4.60. The summed E-state index contributed by atoms with van der Waals surface area (Å²) in [6.45, 7) is 9.31. The van der Waals surface area contributed by atoms with Crippen molar-refractivity contribution in [2.45, 2.75) is 61.6 Å². The Morgan fingerprint density at radius 2 is 1.31 bits per heavy atom. The van der Waals surface area contributed by atoms with Gasteiger partial charge in [-0.15, -0.1) is 0 Å². The van der Waals surface area contributed by atoms with Crippen molar-refractivity contribution in [1.82, 2.24) is 0 Å². The average molecular weight is 545 g/mol. The standard InChI is InChI=1S/C18H18O5.2C4H9.Sn/c19-16(20)12-18(17(21)22,11-14-7-3-1-4-8-14)23-13-15-9-5-2-6-10-15;2*1-4(2)3;/h1-10H,11-13H2,(H,19,20)(H,21,22);2*4H,1H2,2-3H3;/q;;;+2/p-2. The van der Waals surface area contributed by atoms with Crippen LogP contribution >= 0.6 is 0 Å². The van der Waals surface area contributed by atoms with Gasteiger partial charge in [0.05, 0.1) is 12.6 Å². The van der Waals surface area contributed by atoms with Crippen LogP contribution in [0.3, 0.4) is 0 Å². The largest absolute Gasteiger partial charge is 0.550 e. The van der Waals surface area contributed by atoms with Crippen LogP contribution < -0.4 is 10.2 Å². The predicted molar refractivity (Wildman–Crippen MR) is 124 cm³/mol. The van der Waals surface area contributed by atoms with Gasteiger partial charge in [0.25, 0.3) is 0 Å². The molecule has 0 saturated heterocycles. The van der Waals surface area contributed by atoms with Gasteiger partial charge in [-0.25, -0.2) is 0 Å². The van der Waals surface area contributed by atoms with Crippen LogP contribution in [0.5, 0.6) is 0 Å². The first kappa shape index (κ1) is 28.2. The molecule has 2 aromatic rings. The first-order valence-corrected chi connectivity index (χ1v) is 15.0. The second kappa shape index (κ2) is 15.1. The molecule has 0 aromatic heterocycles. The molecular formula is C26H34O5Sn. The monoisotopic (exact) mass is 546 g/mol. The van der Waals surface area contributed by atoms with Gasteiger partial charge in [0.2, 0.25) is 0 Å². The number of rotatable bonds is 12. The molecule has 2 aromatic carbocycles. The topological polar surface area (TPSA) is 89.5 Å². The van der Waals surface area contributed by atoms with Crippen LogP contribution in [0.25, 0.3) is 0 Å². The van der Waals surface area contributed by atoms with E-state index < -0.39 is 24.0 Å². The van der Waals surface area contributed by atoms with Gasteiger partial charge in [-0.1, -0.05) is 60.7 Å². The number of ether oxygens (including phenoxy) is 1. The van der Waals surface area contributed by atoms with Gasteiger partial charge in [0.15, 0.2) is 0 Å². The Morgan fingerprint density at radius 3 is 1.72 bits per heavy atom. The fourth-order valence-electron chi connectivity index (χ4n) is 2.98. The van der Waals surface area contributed by atoms with E-state index in [-0.39, 0.29) is 34.2 Å². The fraction of sp³-hybridized carbons (Fsp3) is 0.462. The summed E-state index contributed by atoms with van der Waals surface area (Å²) in [5.41, 5.74) is -0.591. The predicted octanol–water partition coefficient (Wildman–Crippen LogP) is 2.91. The normalized spacial score (nSPS) is 12.4. The maximum atomic E-state index is 11.7. The van der Waals surface area contributed by atoms with Gasteiger partial charge in [0, 0.05) is 18.8 Å². The number of hydrogen-bond acceptors (Lipinski definition) is 5. The van der Waals surface area contributed by atoms with E-state index in [0.717, 1.165) is 17.4 Å². The zero-order chi connectivity index (χ0) is 24.0. The van der Waals surface area contributed by atoms with E-state index >= 15 is 0 Å². The summed E-state index contributed by atoms with van der Waals surface area (Å²) < 4.78 is 8.65. The number of aliphatic carboxylic acids is 2. The first-order chi connectivity index (χ1) is 15.1. The van der Waals surface area contributed by atoms with Gasteiger partial charge in [0.1, 0.15) is 5.60 Å². The number of carboxylic acids is 2. The van der Waals surface area contributed by atoms with E-state index in [2.05, 4.69) is 27.7 Å². The van der Waals surface area contributed by atoms with E-state index in [1.165, 1.54) is 0 Å². The van der Waals surface area contributed by atoms with Crippen molar-refractivity contribution in [3.63, 3.8) is 0 Å². The summed E-state index contributed by atoms with van der Waals surface area (Å²) >= 11 is 0.0709. The molecule has 0 spiro atoms. The Hall–Kier alpha value is -1.86. The molecule has 0 N–H and O–H groups in total. The van der Waals surface area contributed by atoms with Gasteiger partial charge in [-0.3, -0.25) is 0 Å². The molecule has 0 aliphatic heterocycles. The molecule has 5 nitrogen and oxygen atoms in total. The number of carboxylic acid groups (broad SMARTS) is 2. The van der Waals surface area contributed by atoms with Crippen molar-refractivity contribution in [1.29, 1.82) is 0 Å². The molecule has 0 aliphatic rings. The quantitative estimate of drug-likeness (QED) is 0.383. The maximum Gasteiger partial charge on any atom is 0.117 e. The third kappa shape index (κ3) is 11.7. The molecule has 0 saturated carbocycles. The Balaban J connectivity index is 0.000000482. The molecule has 2 rings (SSSR count). The fourth-order valence-corrected chi connectivity index (χ4v) is 6.75. The van der Waals surface area contributed by atoms with Crippen LogP contribution in [0.2, 0.25) is 8.87 Å². The smallest absolute Gasteiger partial charge is 0.117 e. The van der Waals surface area contributed by atoms with Crippen molar-refractivity contribution >= 4 is 33.1 Å². The molecule has 0 amide bonds. The zero-order valence-electron chi connectivity index (χ0n) is 19.5. The molecule has 0 aliphatic carbocycles. The third-order valence-corrected chi connectivity index (χ3v) is 10.9. The molecular weight excluding hydrogens is 511 g/mol. The summed E-state index contributed by atoms with van der Waals surface area (Å²) in [5.74, 6) is -1.13. The molecule has 1 unspecified atom stereocenters. The van der Waals surface area contributed by atoms with Crippen molar-refractivity contribution in [2.75, 3.05) is 0 Å². The van der Waals surface area contributed by atoms with E-state index in [0.29, 0.717) is 5.56 Å². The molecule has 0 bridgehead atoms. The summed E-state index contributed by atoms with van der Waals surface area (Å²) in [4.78, 5) is 22.7. The Kier molecular flexibility index (Phi) is 13.3. The SMILES string of the molecule is CC(C)[CH2][Sn+2][CH2]C(C)C.O=C([O-])CC(Cc1ccccc1)(OCc1ccccc1)C(=O)[O-]. The minimum Gasteiger partial charge on any atom is -0.550 e. The second-order valence-electron chi connectivity index (χ2n) is 8.71. The van der Waals surface area contributed by atoms with E-state index in [9.17, 15) is 19.8 Å². The van der Waals surface area contributed by atoms with Gasteiger partial charge in [-0.2, -0.15) is 0 Å². The van der Waals surface area contributed by atoms with E-state index in [4.69, 9.17) is 4.74 Å². The van der Waals surface area contributed by atoms with Crippen LogP contribution in [0.1, 0.15) is 45.2 Å². The Labute approximate surface area is 202 Å². The number of hydrogen-bond donors (Lipinski definition) is 0. The van der Waals surface area contributed by atoms with Crippen molar-refractivity contribution in [3.8, 4) is 0 Å². The second-order valence-corrected chi connectivity index (χ2v) is 12.5. The van der Waals surface area contributed by atoms with Crippen LogP contribution in [-0.4, -0.2) is 38.7 Å². The zero-order valence-corrected chi connectivity index (χ0v) is 22.4. The average Bonchev–Trinajstić information content (AvgIpc) is 2.73. The van der Waals surface area contributed by atoms with Crippen molar-refractivity contribution < 1.29 is 24.5 Å². The molecule has 0 heterocycles. The van der Waals surface area contributed by atoms with Crippen molar-refractivity contribution in [2.24, 2.45) is 11.8 Å². The van der Waals surface area contributed by atoms with Crippen LogP contribution in [0.4, 0.5) is 0 Å². The van der Waals surface area contributed by atoms with Crippen molar-refractivity contribution in [3.05, 3.63) is 71.8 Å². The molecule has 1 atom stereocenters. The van der Waals surface area contributed by atoms with Crippen LogP contribution in [-0.2, 0) is 27.4 Å². The van der Waals surface area contributed by atoms with Gasteiger partial charge >= 0.3 is 69.5 Å². The van der Waals surface area contributed by atoms with E-state index in [1.54, 1.807) is 63.5 Å². The molecule has 32 heavy (non-hydrogen) atoms. The molecule has 0 fully saturated rings. The molecule has 6 heteroatoms. The number of carbonyl (C=O) groups excluding carboxylic acids is 2. The summed E-state index contributed by atoms with van der Waals surface area (Å²) in [6, 6.07) is 17.6. The van der Waals surface area contributed by atoms with Crippen LogP contribution in [0.15, 0.2) is 60.7 Å². The maximum absolute atomic E-state index is 11.7.